The minimum atomic E-state index is -0.325. The van der Waals surface area contributed by atoms with Crippen LogP contribution in [0.1, 0.15) is 50.3 Å². The lowest BCUT2D eigenvalue weighted by molar-refractivity contribution is -0.116. The molecule has 2 aliphatic carbocycles. The molecule has 2 aromatic rings. The van der Waals surface area contributed by atoms with Crippen LogP contribution >= 0.6 is 0 Å². The third kappa shape index (κ3) is 3.57. The highest BCUT2D eigenvalue weighted by atomic mass is 16.5. The molecule has 2 saturated carbocycles. The lowest BCUT2D eigenvalue weighted by atomic mass is 9.85. The summed E-state index contributed by atoms with van der Waals surface area (Å²) in [6.07, 6.45) is 8.00. The van der Waals surface area contributed by atoms with E-state index in [9.17, 15) is 9.59 Å². The number of likely N-dealkylation sites (N-methyl/N-ethyl adjacent to an activating group) is 1. The largest absolute Gasteiger partial charge is 0.367 e. The van der Waals surface area contributed by atoms with Crippen LogP contribution in [-0.2, 0) is 4.79 Å². The number of aromatic nitrogens is 3. The van der Waals surface area contributed by atoms with Gasteiger partial charge in [0, 0.05) is 25.0 Å². The molecule has 2 atom stereocenters. The lowest BCUT2D eigenvalue weighted by Gasteiger charge is -2.20. The molecule has 0 unspecified atom stereocenters. The Balaban J connectivity index is 1.15. The summed E-state index contributed by atoms with van der Waals surface area (Å²) < 4.78 is 5.37. The van der Waals surface area contributed by atoms with Gasteiger partial charge in [0.15, 0.2) is 0 Å². The zero-order chi connectivity index (χ0) is 20.7. The van der Waals surface area contributed by atoms with Gasteiger partial charge in [-0.25, -0.2) is 14.7 Å². The van der Waals surface area contributed by atoms with Crippen LogP contribution in [0.25, 0.3) is 0 Å². The van der Waals surface area contributed by atoms with Crippen LogP contribution in [0.5, 0.6) is 0 Å². The maximum Gasteiger partial charge on any atom is 0.331 e. The Morgan fingerprint density at radius 3 is 2.53 bits per heavy atom. The molecule has 0 spiro atoms. The van der Waals surface area contributed by atoms with Crippen molar-refractivity contribution in [3.05, 3.63) is 24.2 Å². The quantitative estimate of drug-likeness (QED) is 0.697. The Hall–Kier alpha value is -3.17. The number of carbonyl (C=O) groups is 2. The molecule has 30 heavy (non-hydrogen) atoms. The standard InChI is InChI=1S/C20H25N7O3/c1-26-11-17(28)27(20(26)29)15-7-8-16(21-10-15)22-13-5-6-14(9-13)23-19-24-18(30-25-19)12-3-2-4-12/h7-8,10,12-14H,2-6,9,11H2,1H3,(H,21,22)(H,23,25)/t13-,14-/m0/s1. The second kappa shape index (κ2) is 7.58. The van der Waals surface area contributed by atoms with Crippen molar-refractivity contribution in [3.63, 3.8) is 0 Å². The molecule has 1 saturated heterocycles. The van der Waals surface area contributed by atoms with Crippen LogP contribution in [0, 0.1) is 0 Å². The van der Waals surface area contributed by atoms with Gasteiger partial charge in [-0.2, -0.15) is 4.98 Å². The maximum absolute atomic E-state index is 12.1. The summed E-state index contributed by atoms with van der Waals surface area (Å²) in [5.41, 5.74) is 0.491. The minimum absolute atomic E-state index is 0.0951. The molecule has 10 heteroatoms. The molecule has 0 radical (unpaired) electrons. The number of hydrogen-bond acceptors (Lipinski definition) is 8. The molecule has 0 aromatic carbocycles. The van der Waals surface area contributed by atoms with Crippen LogP contribution in [0.3, 0.4) is 0 Å². The fourth-order valence-corrected chi connectivity index (χ4v) is 4.23. The molecule has 0 bridgehead atoms. The molecule has 3 aliphatic rings. The van der Waals surface area contributed by atoms with Crippen LogP contribution < -0.4 is 15.5 Å². The van der Waals surface area contributed by atoms with E-state index in [0.717, 1.165) is 48.7 Å². The molecule has 2 aromatic heterocycles. The summed E-state index contributed by atoms with van der Waals surface area (Å²) in [6, 6.07) is 3.79. The Morgan fingerprint density at radius 2 is 1.90 bits per heavy atom. The first kappa shape index (κ1) is 18.8. The summed E-state index contributed by atoms with van der Waals surface area (Å²) in [5.74, 6) is 2.25. The second-order valence-electron chi connectivity index (χ2n) is 8.35. The number of carbonyl (C=O) groups excluding carboxylic acids is 2. The molecule has 3 amide bonds. The van der Waals surface area contributed by atoms with Crippen LogP contribution in [0.4, 0.5) is 22.2 Å². The Labute approximate surface area is 174 Å². The number of pyridine rings is 1. The van der Waals surface area contributed by atoms with E-state index in [1.54, 1.807) is 25.4 Å². The molecule has 5 rings (SSSR count). The summed E-state index contributed by atoms with van der Waals surface area (Å²) >= 11 is 0. The van der Waals surface area contributed by atoms with Crippen LogP contribution in [0.2, 0.25) is 0 Å². The number of anilines is 3. The monoisotopic (exact) mass is 411 g/mol. The molecule has 1 aliphatic heterocycles. The summed E-state index contributed by atoms with van der Waals surface area (Å²) in [5, 5.41) is 10.9. The van der Waals surface area contributed by atoms with Crippen molar-refractivity contribution in [2.45, 2.75) is 56.5 Å². The van der Waals surface area contributed by atoms with Crippen LogP contribution in [0.15, 0.2) is 22.9 Å². The number of nitrogens with one attached hydrogen (secondary N) is 2. The van der Waals surface area contributed by atoms with Crippen molar-refractivity contribution in [1.82, 2.24) is 20.0 Å². The zero-order valence-electron chi connectivity index (χ0n) is 16.9. The van der Waals surface area contributed by atoms with Gasteiger partial charge in [0.25, 0.3) is 11.9 Å². The Kier molecular flexibility index (Phi) is 4.76. The number of hydrogen-bond donors (Lipinski definition) is 2. The van der Waals surface area contributed by atoms with E-state index >= 15 is 0 Å². The molecular weight excluding hydrogens is 386 g/mol. The topological polar surface area (TPSA) is 116 Å². The van der Waals surface area contributed by atoms with E-state index in [2.05, 4.69) is 25.8 Å². The molecule has 3 fully saturated rings. The predicted octanol–water partition coefficient (Wildman–Crippen LogP) is 2.58. The van der Waals surface area contributed by atoms with E-state index in [1.807, 2.05) is 0 Å². The Morgan fingerprint density at radius 1 is 1.10 bits per heavy atom. The number of imide groups is 1. The van der Waals surface area contributed by atoms with Gasteiger partial charge >= 0.3 is 6.03 Å². The van der Waals surface area contributed by atoms with Crippen LogP contribution in [-0.4, -0.2) is 57.6 Å². The van der Waals surface area contributed by atoms with Gasteiger partial charge in [-0.3, -0.25) is 4.79 Å². The van der Waals surface area contributed by atoms with E-state index in [1.165, 1.54) is 11.3 Å². The van der Waals surface area contributed by atoms with Gasteiger partial charge < -0.3 is 20.1 Å². The molecule has 158 valence electrons. The fourth-order valence-electron chi connectivity index (χ4n) is 4.23. The van der Waals surface area contributed by atoms with E-state index in [-0.39, 0.29) is 30.6 Å². The smallest absolute Gasteiger partial charge is 0.331 e. The normalized spacial score (nSPS) is 24.4. The first-order chi connectivity index (χ1) is 14.6. The van der Waals surface area contributed by atoms with E-state index in [4.69, 9.17) is 4.52 Å². The first-order valence-electron chi connectivity index (χ1n) is 10.5. The lowest BCUT2D eigenvalue weighted by Crippen LogP contribution is -2.31. The number of rotatable bonds is 6. The number of urea groups is 1. The summed E-state index contributed by atoms with van der Waals surface area (Å²) in [4.78, 5) is 35.5. The SMILES string of the molecule is CN1CC(=O)N(c2ccc(N[C@H]3CC[C@H](Nc4noc(C5CCC5)n4)C3)nc2)C1=O. The van der Waals surface area contributed by atoms with Crippen molar-refractivity contribution in [2.24, 2.45) is 0 Å². The summed E-state index contributed by atoms with van der Waals surface area (Å²) in [6.45, 7) is 0.0951. The predicted molar refractivity (Wildman–Crippen MR) is 109 cm³/mol. The van der Waals surface area contributed by atoms with Crippen molar-refractivity contribution < 1.29 is 14.1 Å². The van der Waals surface area contributed by atoms with E-state index < -0.39 is 0 Å². The van der Waals surface area contributed by atoms with E-state index in [0.29, 0.717) is 17.6 Å². The van der Waals surface area contributed by atoms with Crippen molar-refractivity contribution in [3.8, 4) is 0 Å². The molecule has 10 nitrogen and oxygen atoms in total. The van der Waals surface area contributed by atoms with Gasteiger partial charge in [0.2, 0.25) is 5.89 Å². The Bertz CT molecular complexity index is 940. The first-order valence-corrected chi connectivity index (χ1v) is 10.5. The van der Waals surface area contributed by atoms with Gasteiger partial charge in [-0.1, -0.05) is 6.42 Å². The summed E-state index contributed by atoms with van der Waals surface area (Å²) in [7, 11) is 1.61. The van der Waals surface area contributed by atoms with Gasteiger partial charge in [0.05, 0.1) is 11.9 Å². The van der Waals surface area contributed by atoms with Crippen molar-refractivity contribution >= 4 is 29.4 Å². The van der Waals surface area contributed by atoms with Crippen molar-refractivity contribution in [2.75, 3.05) is 29.1 Å². The zero-order valence-corrected chi connectivity index (χ0v) is 16.9. The highest BCUT2D eigenvalue weighted by Crippen LogP contribution is 2.36. The fraction of sp³-hybridized carbons (Fsp3) is 0.550. The highest BCUT2D eigenvalue weighted by molar-refractivity contribution is 6.19. The average molecular weight is 411 g/mol. The molecule has 3 heterocycles. The number of nitrogens with zero attached hydrogens (tertiary/aromatic N) is 5. The van der Waals surface area contributed by atoms with Crippen molar-refractivity contribution in [1.29, 1.82) is 0 Å². The van der Waals surface area contributed by atoms with Gasteiger partial charge in [0.1, 0.15) is 12.4 Å². The molecule has 2 N–H and O–H groups in total. The maximum atomic E-state index is 12.1. The minimum Gasteiger partial charge on any atom is -0.367 e. The highest BCUT2D eigenvalue weighted by Gasteiger charge is 2.35. The third-order valence-corrected chi connectivity index (χ3v) is 6.16. The third-order valence-electron chi connectivity index (χ3n) is 6.16. The number of amides is 3. The average Bonchev–Trinajstić information content (AvgIpc) is 3.37. The van der Waals surface area contributed by atoms with Gasteiger partial charge in [-0.15, -0.1) is 0 Å². The van der Waals surface area contributed by atoms with Gasteiger partial charge in [-0.05, 0) is 49.4 Å². The molecular formula is C20H25N7O3. The second-order valence-corrected chi connectivity index (χ2v) is 8.35.